The fourth-order valence-electron chi connectivity index (χ4n) is 2.14. The highest BCUT2D eigenvalue weighted by Crippen LogP contribution is 2.19. The second-order valence-corrected chi connectivity index (χ2v) is 5.42. The minimum Gasteiger partial charge on any atom is -0.363 e. The maximum absolute atomic E-state index is 11.5. The molecule has 0 radical (unpaired) electrons. The summed E-state index contributed by atoms with van der Waals surface area (Å²) in [5.74, 6) is 1.82. The van der Waals surface area contributed by atoms with Crippen LogP contribution >= 0.6 is 0 Å². The van der Waals surface area contributed by atoms with Gasteiger partial charge in [0.2, 0.25) is 0 Å². The quantitative estimate of drug-likeness (QED) is 0.716. The first-order valence-electron chi connectivity index (χ1n) is 6.47. The van der Waals surface area contributed by atoms with Gasteiger partial charge in [0.1, 0.15) is 11.6 Å². The highest BCUT2D eigenvalue weighted by Gasteiger charge is 2.24. The van der Waals surface area contributed by atoms with Crippen LogP contribution in [0, 0.1) is 5.92 Å². The van der Waals surface area contributed by atoms with Crippen molar-refractivity contribution in [3.63, 3.8) is 0 Å². The minimum absolute atomic E-state index is 0.131. The molecule has 0 aliphatic heterocycles. The van der Waals surface area contributed by atoms with Crippen molar-refractivity contribution in [2.45, 2.75) is 46.1 Å². The van der Waals surface area contributed by atoms with Crippen LogP contribution < -0.4 is 16.6 Å². The van der Waals surface area contributed by atoms with Crippen LogP contribution in [0.5, 0.6) is 0 Å². The van der Waals surface area contributed by atoms with Crippen molar-refractivity contribution in [1.29, 1.82) is 0 Å². The molecular weight excluding hydrogens is 228 g/mol. The van der Waals surface area contributed by atoms with Gasteiger partial charge in [0.25, 0.3) is 5.56 Å². The third-order valence-electron chi connectivity index (χ3n) is 2.86. The molecule has 1 unspecified atom stereocenters. The molecule has 0 bridgehead atoms. The van der Waals surface area contributed by atoms with Crippen molar-refractivity contribution >= 4 is 5.82 Å². The number of H-pyrrole nitrogens is 1. The number of anilines is 1. The van der Waals surface area contributed by atoms with E-state index in [0.717, 1.165) is 6.42 Å². The van der Waals surface area contributed by atoms with E-state index >= 15 is 0 Å². The topological polar surface area (TPSA) is 83.8 Å². The fraction of sp³-hybridized carbons (Fsp3) is 0.692. The summed E-state index contributed by atoms with van der Waals surface area (Å²) in [5.41, 5.74) is 5.47. The van der Waals surface area contributed by atoms with Crippen molar-refractivity contribution in [2.24, 2.45) is 11.7 Å². The van der Waals surface area contributed by atoms with Crippen LogP contribution in [-0.2, 0) is 6.42 Å². The molecule has 0 amide bonds. The van der Waals surface area contributed by atoms with Crippen molar-refractivity contribution < 1.29 is 0 Å². The maximum atomic E-state index is 11.5. The monoisotopic (exact) mass is 252 g/mol. The summed E-state index contributed by atoms with van der Waals surface area (Å²) in [6.45, 7) is 8.82. The maximum Gasteiger partial charge on any atom is 0.252 e. The first kappa shape index (κ1) is 14.7. The Morgan fingerprint density at radius 2 is 2.22 bits per heavy atom. The molecule has 0 aromatic carbocycles. The lowest BCUT2D eigenvalue weighted by Crippen LogP contribution is -2.44. The molecule has 1 rings (SSSR count). The van der Waals surface area contributed by atoms with Gasteiger partial charge < -0.3 is 16.0 Å². The van der Waals surface area contributed by atoms with E-state index in [1.54, 1.807) is 0 Å². The predicted molar refractivity (Wildman–Crippen MR) is 74.8 cm³/mol. The first-order valence-corrected chi connectivity index (χ1v) is 6.47. The number of nitrogens with zero attached hydrogens (tertiary/aromatic N) is 1. The summed E-state index contributed by atoms with van der Waals surface area (Å²) in [6, 6.07) is 1.48. The second-order valence-electron chi connectivity index (χ2n) is 5.42. The van der Waals surface area contributed by atoms with E-state index in [0.29, 0.717) is 30.5 Å². The number of hydrogen-bond donors (Lipinski definition) is 3. The first-order chi connectivity index (χ1) is 8.38. The van der Waals surface area contributed by atoms with E-state index < -0.39 is 0 Å². The molecule has 0 aliphatic carbocycles. The lowest BCUT2D eigenvalue weighted by atomic mass is 9.91. The molecule has 102 valence electrons. The van der Waals surface area contributed by atoms with Crippen LogP contribution in [0.4, 0.5) is 5.82 Å². The van der Waals surface area contributed by atoms with Gasteiger partial charge in [-0.25, -0.2) is 4.98 Å². The molecule has 0 spiro atoms. The molecule has 1 aromatic rings. The summed E-state index contributed by atoms with van der Waals surface area (Å²) in [6.07, 6.45) is 1.63. The number of aromatic nitrogens is 2. The summed E-state index contributed by atoms with van der Waals surface area (Å²) in [5, 5.41) is 3.30. The molecular formula is C13H24N4O. The summed E-state index contributed by atoms with van der Waals surface area (Å²) in [4.78, 5) is 18.6. The van der Waals surface area contributed by atoms with Gasteiger partial charge in [0.15, 0.2) is 0 Å². The lowest BCUT2D eigenvalue weighted by Gasteiger charge is -2.31. The Labute approximate surface area is 108 Å². The van der Waals surface area contributed by atoms with Gasteiger partial charge in [-0.05, 0) is 19.3 Å². The highest BCUT2D eigenvalue weighted by atomic mass is 16.1. The number of nitrogens with two attached hydrogens (primary N) is 1. The second kappa shape index (κ2) is 6.00. The molecule has 1 aromatic heterocycles. The summed E-state index contributed by atoms with van der Waals surface area (Å²) in [7, 11) is 0. The van der Waals surface area contributed by atoms with Crippen LogP contribution in [-0.4, -0.2) is 22.1 Å². The van der Waals surface area contributed by atoms with Gasteiger partial charge in [-0.15, -0.1) is 0 Å². The molecule has 5 nitrogen and oxygen atoms in total. The number of rotatable bonds is 6. The van der Waals surface area contributed by atoms with Crippen molar-refractivity contribution in [1.82, 2.24) is 9.97 Å². The number of hydrogen-bond acceptors (Lipinski definition) is 4. The fourth-order valence-corrected chi connectivity index (χ4v) is 2.14. The van der Waals surface area contributed by atoms with Gasteiger partial charge >= 0.3 is 0 Å². The SMILES string of the molecule is CCc1nc(NC(C)(CN)CC(C)C)cc(=O)[nH]1. The summed E-state index contributed by atoms with van der Waals surface area (Å²) < 4.78 is 0. The number of nitrogens with one attached hydrogen (secondary N) is 2. The van der Waals surface area contributed by atoms with Gasteiger partial charge in [0.05, 0.1) is 0 Å². The van der Waals surface area contributed by atoms with Gasteiger partial charge in [-0.2, -0.15) is 0 Å². The molecule has 1 atom stereocenters. The Balaban J connectivity index is 2.94. The van der Waals surface area contributed by atoms with Crippen LogP contribution in [0.15, 0.2) is 10.9 Å². The molecule has 5 heteroatoms. The standard InChI is InChI=1S/C13H24N4O/c1-5-10-15-11(6-12(18)16-10)17-13(4,8-14)7-9(2)3/h6,9H,5,7-8,14H2,1-4H3,(H2,15,16,17,18). The smallest absolute Gasteiger partial charge is 0.252 e. The van der Waals surface area contributed by atoms with Crippen LogP contribution in [0.3, 0.4) is 0 Å². The normalized spacial score (nSPS) is 14.6. The van der Waals surface area contributed by atoms with Crippen molar-refractivity contribution in [2.75, 3.05) is 11.9 Å². The van der Waals surface area contributed by atoms with E-state index in [1.807, 2.05) is 6.92 Å². The van der Waals surface area contributed by atoms with Crippen LogP contribution in [0.25, 0.3) is 0 Å². The van der Waals surface area contributed by atoms with Gasteiger partial charge in [0, 0.05) is 24.6 Å². The average molecular weight is 252 g/mol. The highest BCUT2D eigenvalue weighted by molar-refractivity contribution is 5.36. The molecule has 4 N–H and O–H groups in total. The third-order valence-corrected chi connectivity index (χ3v) is 2.86. The molecule has 0 aliphatic rings. The molecule has 18 heavy (non-hydrogen) atoms. The zero-order valence-electron chi connectivity index (χ0n) is 11.7. The Morgan fingerprint density at radius 1 is 1.56 bits per heavy atom. The van der Waals surface area contributed by atoms with E-state index in [-0.39, 0.29) is 11.1 Å². The van der Waals surface area contributed by atoms with Crippen molar-refractivity contribution in [3.05, 3.63) is 22.2 Å². The minimum atomic E-state index is -0.236. The van der Waals surface area contributed by atoms with E-state index in [1.165, 1.54) is 6.07 Å². The van der Waals surface area contributed by atoms with E-state index in [9.17, 15) is 4.79 Å². The summed E-state index contributed by atoms with van der Waals surface area (Å²) >= 11 is 0. The van der Waals surface area contributed by atoms with E-state index in [4.69, 9.17) is 5.73 Å². The lowest BCUT2D eigenvalue weighted by molar-refractivity contribution is 0.406. The van der Waals surface area contributed by atoms with Gasteiger partial charge in [-0.1, -0.05) is 20.8 Å². The van der Waals surface area contributed by atoms with Crippen LogP contribution in [0.2, 0.25) is 0 Å². The van der Waals surface area contributed by atoms with Crippen LogP contribution in [0.1, 0.15) is 39.9 Å². The van der Waals surface area contributed by atoms with E-state index in [2.05, 4.69) is 36.1 Å². The average Bonchev–Trinajstić information content (AvgIpc) is 2.26. The molecule has 0 saturated carbocycles. The van der Waals surface area contributed by atoms with Gasteiger partial charge in [-0.3, -0.25) is 4.79 Å². The molecule has 0 fully saturated rings. The molecule has 1 heterocycles. The Kier molecular flexibility index (Phi) is 4.90. The Hall–Kier alpha value is -1.36. The Morgan fingerprint density at radius 3 is 2.72 bits per heavy atom. The zero-order chi connectivity index (χ0) is 13.8. The van der Waals surface area contributed by atoms with Crippen molar-refractivity contribution in [3.8, 4) is 0 Å². The number of aryl methyl sites for hydroxylation is 1. The largest absolute Gasteiger partial charge is 0.363 e. The molecule has 0 saturated heterocycles. The predicted octanol–water partition coefficient (Wildman–Crippen LogP) is 1.51. The number of aromatic amines is 1. The zero-order valence-corrected chi connectivity index (χ0v) is 11.7. The third kappa shape index (κ3) is 4.14. The Bertz CT molecular complexity index is 441.